The van der Waals surface area contributed by atoms with Gasteiger partial charge in [-0.1, -0.05) is 0 Å². The fourth-order valence-electron chi connectivity index (χ4n) is 3.41. The smallest absolute Gasteiger partial charge is 0.229 e. The van der Waals surface area contributed by atoms with Crippen molar-refractivity contribution in [3.63, 3.8) is 0 Å². The standard InChI is InChI=1S/C15H21N7/c1-10-13(9-21(2)20-10)18-15-16-6-5-14(19-15)22-7-11-3-4-12(8-22)17-11/h5-6,9,11-12,17H,3-4,7-8H2,1-2H3,(H,16,18,19)/t11-,12?/m0/s1. The molecule has 2 N–H and O–H groups in total. The number of nitrogens with zero attached hydrogens (tertiary/aromatic N) is 5. The lowest BCUT2D eigenvalue weighted by atomic mass is 10.2. The lowest BCUT2D eigenvalue weighted by Crippen LogP contribution is -2.51. The molecule has 0 radical (unpaired) electrons. The number of hydrogen-bond acceptors (Lipinski definition) is 6. The molecule has 1 unspecified atom stereocenters. The first-order chi connectivity index (χ1) is 10.7. The average molecular weight is 299 g/mol. The lowest BCUT2D eigenvalue weighted by Gasteiger charge is -2.33. The normalized spacial score (nSPS) is 23.8. The molecule has 2 bridgehead atoms. The molecule has 116 valence electrons. The molecule has 4 heterocycles. The minimum Gasteiger partial charge on any atom is -0.353 e. The van der Waals surface area contributed by atoms with Crippen molar-refractivity contribution in [3.05, 3.63) is 24.2 Å². The van der Waals surface area contributed by atoms with Gasteiger partial charge in [-0.15, -0.1) is 0 Å². The summed E-state index contributed by atoms with van der Waals surface area (Å²) >= 11 is 0. The van der Waals surface area contributed by atoms with Crippen molar-refractivity contribution in [2.24, 2.45) is 7.05 Å². The Balaban J connectivity index is 1.54. The molecule has 2 fully saturated rings. The molecule has 0 aliphatic carbocycles. The van der Waals surface area contributed by atoms with Crippen molar-refractivity contribution in [1.29, 1.82) is 0 Å². The van der Waals surface area contributed by atoms with Crippen LogP contribution in [0.3, 0.4) is 0 Å². The highest BCUT2D eigenvalue weighted by Crippen LogP contribution is 2.25. The molecule has 0 amide bonds. The first-order valence-electron chi connectivity index (χ1n) is 7.79. The van der Waals surface area contributed by atoms with Gasteiger partial charge in [0.15, 0.2) is 0 Å². The molecular weight excluding hydrogens is 278 g/mol. The Morgan fingerprint density at radius 3 is 2.73 bits per heavy atom. The fraction of sp³-hybridized carbons (Fsp3) is 0.533. The average Bonchev–Trinajstić information content (AvgIpc) is 3.00. The Hall–Kier alpha value is -2.15. The second-order valence-electron chi connectivity index (χ2n) is 6.21. The van der Waals surface area contributed by atoms with E-state index in [0.29, 0.717) is 18.0 Å². The maximum absolute atomic E-state index is 4.68. The molecule has 22 heavy (non-hydrogen) atoms. The van der Waals surface area contributed by atoms with E-state index in [4.69, 9.17) is 0 Å². The molecule has 2 aliphatic rings. The number of nitrogens with one attached hydrogen (secondary N) is 2. The number of aryl methyl sites for hydroxylation is 2. The zero-order valence-electron chi connectivity index (χ0n) is 13.0. The summed E-state index contributed by atoms with van der Waals surface area (Å²) in [5, 5.41) is 11.2. The second-order valence-corrected chi connectivity index (χ2v) is 6.21. The molecule has 0 aromatic carbocycles. The quantitative estimate of drug-likeness (QED) is 0.887. The van der Waals surface area contributed by atoms with Crippen LogP contribution in [0.4, 0.5) is 17.5 Å². The second kappa shape index (κ2) is 5.24. The van der Waals surface area contributed by atoms with E-state index in [9.17, 15) is 0 Å². The van der Waals surface area contributed by atoms with Gasteiger partial charge in [0.25, 0.3) is 0 Å². The summed E-state index contributed by atoms with van der Waals surface area (Å²) in [6.07, 6.45) is 6.30. The van der Waals surface area contributed by atoms with Gasteiger partial charge in [-0.25, -0.2) is 4.98 Å². The van der Waals surface area contributed by atoms with Gasteiger partial charge in [-0.2, -0.15) is 10.1 Å². The Bertz CT molecular complexity index is 668. The molecule has 0 saturated carbocycles. The number of rotatable bonds is 3. The molecule has 2 aliphatic heterocycles. The van der Waals surface area contributed by atoms with Crippen molar-refractivity contribution in [1.82, 2.24) is 25.1 Å². The number of aromatic nitrogens is 4. The van der Waals surface area contributed by atoms with Gasteiger partial charge in [-0.3, -0.25) is 4.68 Å². The first-order valence-corrected chi connectivity index (χ1v) is 7.79. The Kier molecular flexibility index (Phi) is 3.22. The van der Waals surface area contributed by atoms with E-state index < -0.39 is 0 Å². The predicted molar refractivity (Wildman–Crippen MR) is 85.4 cm³/mol. The van der Waals surface area contributed by atoms with E-state index in [2.05, 4.69) is 30.6 Å². The Labute approximate surface area is 129 Å². The van der Waals surface area contributed by atoms with Crippen LogP contribution in [0, 0.1) is 6.92 Å². The fourth-order valence-corrected chi connectivity index (χ4v) is 3.41. The third-order valence-electron chi connectivity index (χ3n) is 4.44. The van der Waals surface area contributed by atoms with Crippen molar-refractivity contribution in [3.8, 4) is 0 Å². The lowest BCUT2D eigenvalue weighted by molar-refractivity contribution is 0.463. The highest BCUT2D eigenvalue weighted by Gasteiger charge is 2.32. The summed E-state index contributed by atoms with van der Waals surface area (Å²) in [6.45, 7) is 4.03. The molecule has 7 nitrogen and oxygen atoms in total. The summed E-state index contributed by atoms with van der Waals surface area (Å²) < 4.78 is 1.79. The molecule has 0 spiro atoms. The summed E-state index contributed by atoms with van der Waals surface area (Å²) in [4.78, 5) is 11.4. The van der Waals surface area contributed by atoms with Gasteiger partial charge in [0.1, 0.15) is 5.82 Å². The molecule has 4 rings (SSSR count). The van der Waals surface area contributed by atoms with Crippen molar-refractivity contribution < 1.29 is 0 Å². The highest BCUT2D eigenvalue weighted by molar-refractivity contribution is 5.56. The SMILES string of the molecule is Cc1nn(C)cc1Nc1nccc(N2CC3CC[C@@H](C2)N3)n1. The van der Waals surface area contributed by atoms with Gasteiger partial charge >= 0.3 is 0 Å². The van der Waals surface area contributed by atoms with E-state index in [1.54, 1.807) is 4.68 Å². The number of fused-ring (bicyclic) bond motifs is 2. The Morgan fingerprint density at radius 2 is 2.05 bits per heavy atom. The van der Waals surface area contributed by atoms with E-state index in [-0.39, 0.29) is 0 Å². The van der Waals surface area contributed by atoms with Crippen LogP contribution in [0.25, 0.3) is 0 Å². The van der Waals surface area contributed by atoms with E-state index in [1.165, 1.54) is 12.8 Å². The van der Waals surface area contributed by atoms with Crippen LogP contribution in [0.2, 0.25) is 0 Å². The minimum atomic E-state index is 0.602. The van der Waals surface area contributed by atoms with E-state index >= 15 is 0 Å². The third kappa shape index (κ3) is 2.52. The zero-order chi connectivity index (χ0) is 15.1. The van der Waals surface area contributed by atoms with Crippen LogP contribution >= 0.6 is 0 Å². The van der Waals surface area contributed by atoms with Crippen LogP contribution in [0.1, 0.15) is 18.5 Å². The number of hydrogen-bond donors (Lipinski definition) is 2. The number of anilines is 3. The van der Waals surface area contributed by atoms with Crippen LogP contribution in [0.15, 0.2) is 18.5 Å². The van der Waals surface area contributed by atoms with Gasteiger partial charge < -0.3 is 15.5 Å². The van der Waals surface area contributed by atoms with Crippen LogP contribution in [0.5, 0.6) is 0 Å². The molecular formula is C15H21N7. The van der Waals surface area contributed by atoms with E-state index in [0.717, 1.165) is 30.3 Å². The van der Waals surface area contributed by atoms with Crippen molar-refractivity contribution in [2.75, 3.05) is 23.3 Å². The Morgan fingerprint density at radius 1 is 1.27 bits per heavy atom. The molecule has 2 aromatic heterocycles. The molecule has 2 aromatic rings. The summed E-state index contributed by atoms with van der Waals surface area (Å²) in [7, 11) is 1.91. The first kappa shape index (κ1) is 13.5. The maximum Gasteiger partial charge on any atom is 0.229 e. The maximum atomic E-state index is 4.68. The summed E-state index contributed by atoms with van der Waals surface area (Å²) in [6, 6.07) is 3.20. The molecule has 7 heteroatoms. The van der Waals surface area contributed by atoms with Crippen LogP contribution in [-0.4, -0.2) is 44.9 Å². The topological polar surface area (TPSA) is 70.9 Å². The monoisotopic (exact) mass is 299 g/mol. The summed E-state index contributed by atoms with van der Waals surface area (Å²) in [5.41, 5.74) is 1.89. The van der Waals surface area contributed by atoms with Gasteiger partial charge in [0, 0.05) is 44.6 Å². The zero-order valence-corrected chi connectivity index (χ0v) is 13.0. The van der Waals surface area contributed by atoms with Crippen molar-refractivity contribution >= 4 is 17.5 Å². The van der Waals surface area contributed by atoms with E-state index in [1.807, 2.05) is 32.4 Å². The minimum absolute atomic E-state index is 0.602. The van der Waals surface area contributed by atoms with Gasteiger partial charge in [-0.05, 0) is 25.8 Å². The number of piperazine rings is 1. The molecule has 2 saturated heterocycles. The van der Waals surface area contributed by atoms with Crippen molar-refractivity contribution in [2.45, 2.75) is 31.8 Å². The van der Waals surface area contributed by atoms with Gasteiger partial charge in [0.2, 0.25) is 5.95 Å². The van der Waals surface area contributed by atoms with Crippen LogP contribution < -0.4 is 15.5 Å². The van der Waals surface area contributed by atoms with Crippen LogP contribution in [-0.2, 0) is 7.05 Å². The largest absolute Gasteiger partial charge is 0.353 e. The predicted octanol–water partition coefficient (Wildman–Crippen LogP) is 1.20. The molecule has 2 atom stereocenters. The van der Waals surface area contributed by atoms with Gasteiger partial charge in [0.05, 0.1) is 11.4 Å². The third-order valence-corrected chi connectivity index (χ3v) is 4.44. The highest BCUT2D eigenvalue weighted by atomic mass is 15.3. The summed E-state index contributed by atoms with van der Waals surface area (Å²) in [5.74, 6) is 1.62.